The van der Waals surface area contributed by atoms with Crippen molar-refractivity contribution in [2.45, 2.75) is 0 Å². The summed E-state index contributed by atoms with van der Waals surface area (Å²) < 4.78 is 0. The van der Waals surface area contributed by atoms with E-state index in [2.05, 4.69) is 58.5 Å². The molecule has 1 aliphatic heterocycles. The third-order valence-corrected chi connectivity index (χ3v) is 6.72. The molecule has 0 spiro atoms. The molecule has 4 aromatic heterocycles. The lowest BCUT2D eigenvalue weighted by Crippen LogP contribution is -2.12. The van der Waals surface area contributed by atoms with Gasteiger partial charge in [-0.05, 0) is 48.5 Å². The largest absolute Gasteiger partial charge is 0.256 e. The predicted molar refractivity (Wildman–Crippen MR) is 158 cm³/mol. The first kappa shape index (κ1) is 23.5. The van der Waals surface area contributed by atoms with Gasteiger partial charge in [-0.15, -0.1) is 0 Å². The van der Waals surface area contributed by atoms with Crippen LogP contribution in [0.4, 0.5) is 11.4 Å². The average molecular weight is 515 g/mol. The van der Waals surface area contributed by atoms with Crippen LogP contribution in [0.5, 0.6) is 0 Å². The van der Waals surface area contributed by atoms with Crippen LogP contribution < -0.4 is 0 Å². The summed E-state index contributed by atoms with van der Waals surface area (Å²) >= 11 is 0. The fourth-order valence-electron chi connectivity index (χ4n) is 4.75. The summed E-state index contributed by atoms with van der Waals surface area (Å²) in [5.41, 5.74) is 10.2. The number of nitrogens with zero attached hydrogens (tertiary/aromatic N) is 6. The van der Waals surface area contributed by atoms with Crippen LogP contribution in [0.2, 0.25) is 0 Å². The van der Waals surface area contributed by atoms with Crippen LogP contribution in [-0.2, 0) is 0 Å². The van der Waals surface area contributed by atoms with Gasteiger partial charge in [0, 0.05) is 47.0 Å². The van der Waals surface area contributed by atoms with E-state index in [4.69, 9.17) is 20.0 Å². The van der Waals surface area contributed by atoms with Crippen molar-refractivity contribution in [2.75, 3.05) is 0 Å². The molecule has 0 amide bonds. The quantitative estimate of drug-likeness (QED) is 0.248. The van der Waals surface area contributed by atoms with Gasteiger partial charge >= 0.3 is 0 Å². The first-order valence-corrected chi connectivity index (χ1v) is 13.0. The average Bonchev–Trinajstić information content (AvgIpc) is 3.03. The van der Waals surface area contributed by atoms with Crippen LogP contribution in [0, 0.1) is 0 Å². The molecule has 0 radical (unpaired) electrons. The Balaban J connectivity index is 1.34. The summed E-state index contributed by atoms with van der Waals surface area (Å²) in [7, 11) is 0. The molecular weight excluding hydrogens is 492 g/mol. The second-order valence-corrected chi connectivity index (χ2v) is 9.25. The van der Waals surface area contributed by atoms with Gasteiger partial charge in [0.15, 0.2) is 0 Å². The zero-order valence-corrected chi connectivity index (χ0v) is 21.4. The highest BCUT2D eigenvalue weighted by Gasteiger charge is 2.22. The third kappa shape index (κ3) is 4.48. The van der Waals surface area contributed by atoms with Crippen LogP contribution in [0.3, 0.4) is 0 Å². The molecule has 0 saturated carbocycles. The monoisotopic (exact) mass is 514 g/mol. The molecule has 6 aromatic rings. The third-order valence-electron chi connectivity index (χ3n) is 6.72. The number of benzene rings is 2. The maximum Gasteiger partial charge on any atom is 0.115 e. The standard InChI is InChI=1S/C34H22N6/c1-3-19-35-27(7-1)23-11-15-25(16-12-23)31-33-29(9-5-21-37-33)40-32(34-30(39-31)10-6-22-38-34)26-17-13-24(14-18-26)28-8-2-4-20-36-28/h1-22H. The molecule has 7 rings (SSSR count). The van der Waals surface area contributed by atoms with Crippen molar-refractivity contribution in [1.82, 2.24) is 19.9 Å². The Morgan fingerprint density at radius 2 is 0.725 bits per heavy atom. The minimum Gasteiger partial charge on any atom is -0.256 e. The number of aromatic nitrogens is 4. The van der Waals surface area contributed by atoms with Crippen molar-refractivity contribution >= 4 is 22.8 Å². The summed E-state index contributed by atoms with van der Waals surface area (Å²) in [5, 5.41) is 0. The van der Waals surface area contributed by atoms with Gasteiger partial charge in [-0.25, -0.2) is 9.98 Å². The molecule has 0 saturated heterocycles. The second kappa shape index (κ2) is 10.3. The number of aliphatic imine (C=N–C) groups is 2. The molecule has 0 unspecified atom stereocenters. The predicted octanol–water partition coefficient (Wildman–Crippen LogP) is 7.25. The highest BCUT2D eigenvalue weighted by atomic mass is 14.9. The van der Waals surface area contributed by atoms with E-state index >= 15 is 0 Å². The lowest BCUT2D eigenvalue weighted by Gasteiger charge is -2.17. The number of pyridine rings is 4. The maximum atomic E-state index is 5.14. The van der Waals surface area contributed by atoms with Crippen molar-refractivity contribution in [3.63, 3.8) is 0 Å². The van der Waals surface area contributed by atoms with Gasteiger partial charge in [-0.3, -0.25) is 19.9 Å². The lowest BCUT2D eigenvalue weighted by molar-refractivity contribution is 1.22. The summed E-state index contributed by atoms with van der Waals surface area (Å²) in [5.74, 6) is 0. The number of hydrogen-bond acceptors (Lipinski definition) is 6. The fraction of sp³-hybridized carbons (Fsp3) is 0. The van der Waals surface area contributed by atoms with E-state index in [0.717, 1.165) is 56.4 Å². The van der Waals surface area contributed by atoms with Gasteiger partial charge < -0.3 is 0 Å². The van der Waals surface area contributed by atoms with Gasteiger partial charge in [-0.1, -0.05) is 60.7 Å². The van der Waals surface area contributed by atoms with Crippen molar-refractivity contribution in [2.24, 2.45) is 9.98 Å². The fourth-order valence-corrected chi connectivity index (χ4v) is 4.75. The summed E-state index contributed by atoms with van der Waals surface area (Å²) in [6.07, 6.45) is 7.15. The van der Waals surface area contributed by atoms with E-state index in [-0.39, 0.29) is 0 Å². The topological polar surface area (TPSA) is 76.3 Å². The van der Waals surface area contributed by atoms with Crippen LogP contribution in [0.15, 0.2) is 144 Å². The smallest absolute Gasteiger partial charge is 0.115 e. The van der Waals surface area contributed by atoms with Gasteiger partial charge in [0.1, 0.15) is 11.4 Å². The molecule has 5 heterocycles. The van der Waals surface area contributed by atoms with Crippen molar-refractivity contribution < 1.29 is 0 Å². The van der Waals surface area contributed by atoms with Crippen LogP contribution in [-0.4, -0.2) is 31.4 Å². The van der Waals surface area contributed by atoms with Crippen LogP contribution in [0.25, 0.3) is 22.5 Å². The summed E-state index contributed by atoms with van der Waals surface area (Å²) in [6.45, 7) is 0. The van der Waals surface area contributed by atoms with Crippen LogP contribution in [0.1, 0.15) is 22.5 Å². The molecule has 2 aromatic carbocycles. The van der Waals surface area contributed by atoms with Crippen molar-refractivity contribution in [1.29, 1.82) is 0 Å². The Morgan fingerprint density at radius 3 is 1.12 bits per heavy atom. The normalized spacial score (nSPS) is 12.3. The first-order chi connectivity index (χ1) is 19.8. The molecule has 1 aliphatic rings. The van der Waals surface area contributed by atoms with Gasteiger partial charge in [0.2, 0.25) is 0 Å². The Bertz CT molecular complexity index is 1720. The minimum absolute atomic E-state index is 0.713. The molecule has 0 N–H and O–H groups in total. The van der Waals surface area contributed by atoms with E-state index in [0.29, 0.717) is 11.4 Å². The number of fused-ring (bicyclic) bond motifs is 2. The second-order valence-electron chi connectivity index (χ2n) is 9.25. The zero-order chi connectivity index (χ0) is 26.7. The van der Waals surface area contributed by atoms with Crippen molar-refractivity contribution in [3.8, 4) is 22.5 Å². The van der Waals surface area contributed by atoms with Crippen LogP contribution >= 0.6 is 0 Å². The molecule has 0 bridgehead atoms. The Kier molecular flexibility index (Phi) is 6.03. The Morgan fingerprint density at radius 1 is 0.325 bits per heavy atom. The Hall–Kier alpha value is -5.62. The SMILES string of the molecule is c1ccc(-c2ccc(C3=Nc4cccnc4C(c4ccc(-c5ccccn5)cc4)=Nc4cccnc43)cc2)nc1. The molecule has 0 atom stereocenters. The molecule has 188 valence electrons. The van der Waals surface area contributed by atoms with E-state index in [1.807, 2.05) is 60.7 Å². The maximum absolute atomic E-state index is 5.14. The molecular formula is C34H22N6. The highest BCUT2D eigenvalue weighted by Crippen LogP contribution is 2.32. The van der Waals surface area contributed by atoms with Gasteiger partial charge in [0.05, 0.1) is 34.2 Å². The minimum atomic E-state index is 0.713. The lowest BCUT2D eigenvalue weighted by atomic mass is 9.99. The molecule has 6 nitrogen and oxygen atoms in total. The number of rotatable bonds is 4. The van der Waals surface area contributed by atoms with Gasteiger partial charge in [-0.2, -0.15) is 0 Å². The summed E-state index contributed by atoms with van der Waals surface area (Å²) in [4.78, 5) is 28.7. The van der Waals surface area contributed by atoms with E-state index in [1.165, 1.54) is 0 Å². The number of hydrogen-bond donors (Lipinski definition) is 0. The van der Waals surface area contributed by atoms with Crippen molar-refractivity contribution in [3.05, 3.63) is 156 Å². The zero-order valence-electron chi connectivity index (χ0n) is 21.4. The highest BCUT2D eigenvalue weighted by molar-refractivity contribution is 6.21. The molecule has 40 heavy (non-hydrogen) atoms. The molecule has 6 heteroatoms. The Labute approximate surface area is 231 Å². The first-order valence-electron chi connectivity index (χ1n) is 13.0. The van der Waals surface area contributed by atoms with E-state index in [1.54, 1.807) is 24.8 Å². The van der Waals surface area contributed by atoms with E-state index < -0.39 is 0 Å². The molecule has 0 fully saturated rings. The summed E-state index contributed by atoms with van der Waals surface area (Å²) in [6, 6.07) is 36.0. The molecule has 0 aliphatic carbocycles. The van der Waals surface area contributed by atoms with Gasteiger partial charge in [0.25, 0.3) is 0 Å². The van der Waals surface area contributed by atoms with E-state index in [9.17, 15) is 0 Å².